The van der Waals surface area contributed by atoms with Crippen molar-refractivity contribution in [3.05, 3.63) is 0 Å². The first-order chi connectivity index (χ1) is 1.73. The molecule has 0 fully saturated rings. The number of rotatable bonds is 0. The predicted octanol–water partition coefficient (Wildman–Crippen LogP) is -5.93. The standard InChI is InChI=1S/Au.HIO3/c;2-1(3)4/h;2H. The molecule has 0 bridgehead atoms. The van der Waals surface area contributed by atoms with Crippen LogP contribution in [0.25, 0.3) is 0 Å². The van der Waals surface area contributed by atoms with E-state index in [1.54, 1.807) is 0 Å². The summed E-state index contributed by atoms with van der Waals surface area (Å²) in [7, 11) is 0. The van der Waals surface area contributed by atoms with Crippen molar-refractivity contribution in [3.63, 3.8) is 0 Å². The Bertz CT molecular complexity index is 11.6. The van der Waals surface area contributed by atoms with Crippen LogP contribution in [-0.2, 0) is 22.4 Å². The zero-order chi connectivity index (χ0) is 3.58. The van der Waals surface area contributed by atoms with Gasteiger partial charge in [-0.1, -0.05) is 0 Å². The fourth-order valence-corrected chi connectivity index (χ4v) is 0. The van der Waals surface area contributed by atoms with E-state index in [-0.39, 0.29) is 22.4 Å². The van der Waals surface area contributed by atoms with Crippen LogP contribution in [0.5, 0.6) is 0 Å². The van der Waals surface area contributed by atoms with Gasteiger partial charge in [0.2, 0.25) is 0 Å². The summed E-state index contributed by atoms with van der Waals surface area (Å²) in [6.45, 7) is 0. The molecular formula is HAuIO3. The third kappa shape index (κ3) is 32.9. The van der Waals surface area contributed by atoms with Crippen molar-refractivity contribution in [2.45, 2.75) is 0 Å². The minimum atomic E-state index is -3.76. The van der Waals surface area contributed by atoms with Gasteiger partial charge in [-0.25, -0.2) is 0 Å². The molecule has 1 N–H and O–H groups in total. The fraction of sp³-hybridized carbons (Fsp3) is 0. The van der Waals surface area contributed by atoms with Crippen molar-refractivity contribution in [3.8, 4) is 0 Å². The molecule has 0 rings (SSSR count). The predicted molar refractivity (Wildman–Crippen MR) is 2.22 cm³/mol. The van der Waals surface area contributed by atoms with Crippen LogP contribution in [0.3, 0.4) is 0 Å². The quantitative estimate of drug-likeness (QED) is 0.340. The van der Waals surface area contributed by atoms with Gasteiger partial charge in [-0.05, 0) is 3.44 Å². The summed E-state index contributed by atoms with van der Waals surface area (Å²) in [5, 5.41) is 0. The zero-order valence-electron chi connectivity index (χ0n) is 1.94. The van der Waals surface area contributed by atoms with Crippen LogP contribution >= 0.6 is 0 Å². The Morgan fingerprint density at radius 3 is 1.40 bits per heavy atom. The van der Waals surface area contributed by atoms with E-state index in [9.17, 15) is 0 Å². The summed E-state index contributed by atoms with van der Waals surface area (Å²) >= 11 is -3.76. The van der Waals surface area contributed by atoms with Crippen molar-refractivity contribution in [1.29, 1.82) is 0 Å². The van der Waals surface area contributed by atoms with Crippen LogP contribution in [0, 0.1) is 0 Å². The fourth-order valence-electron chi connectivity index (χ4n) is 0. The van der Waals surface area contributed by atoms with Gasteiger partial charge in [0.1, 0.15) is 0 Å². The smallest absolute Gasteiger partial charge is 0.396 e. The minimum absolute atomic E-state index is 0. The number of hydrogen-bond acceptors (Lipinski definition) is 3. The van der Waals surface area contributed by atoms with Gasteiger partial charge >= 0.3 is 21.1 Å². The molecule has 5 heteroatoms. The van der Waals surface area contributed by atoms with Gasteiger partial charge in [0.15, 0.2) is 0 Å². The Balaban J connectivity index is 0. The van der Waals surface area contributed by atoms with Gasteiger partial charge < -0.3 is 6.87 Å². The first-order valence-electron chi connectivity index (χ1n) is 0.478. The SMILES string of the molecule is [Au].[O-][I+2]([O-])O. The van der Waals surface area contributed by atoms with Crippen LogP contribution in [-0.4, -0.2) is 3.44 Å². The normalized spacial score (nSPS) is 7.20. The zero-order valence-corrected chi connectivity index (χ0v) is 6.27. The minimum Gasteiger partial charge on any atom is -0.396 e. The van der Waals surface area contributed by atoms with Crippen LogP contribution in [0.1, 0.15) is 0 Å². The molecule has 0 aliphatic heterocycles. The summed E-state index contributed by atoms with van der Waals surface area (Å²) in [6, 6.07) is 0. The van der Waals surface area contributed by atoms with E-state index in [1.165, 1.54) is 0 Å². The Morgan fingerprint density at radius 1 is 1.40 bits per heavy atom. The van der Waals surface area contributed by atoms with E-state index in [4.69, 9.17) is 10.3 Å². The molecule has 0 aromatic carbocycles. The molecule has 0 unspecified atom stereocenters. The number of hydrogen-bond donors (Lipinski definition) is 1. The molecule has 0 aromatic rings. The average Bonchev–Trinajstić information content (AvgIpc) is 0.811. The molecule has 0 saturated heterocycles. The van der Waals surface area contributed by atoms with Crippen molar-refractivity contribution in [2.75, 3.05) is 0 Å². The van der Waals surface area contributed by atoms with Crippen molar-refractivity contribution < 1.29 is 53.8 Å². The van der Waals surface area contributed by atoms with E-state index in [0.717, 1.165) is 0 Å². The van der Waals surface area contributed by atoms with Gasteiger partial charge in [0, 0.05) is 22.4 Å². The Morgan fingerprint density at radius 2 is 1.40 bits per heavy atom. The summed E-state index contributed by atoms with van der Waals surface area (Å²) in [6.07, 6.45) is 0. The second-order valence-corrected chi connectivity index (χ2v) is 1.35. The first-order valence-corrected chi connectivity index (χ1v) is 3.20. The molecular weight excluding hydrogens is 372 g/mol. The van der Waals surface area contributed by atoms with E-state index >= 15 is 0 Å². The van der Waals surface area contributed by atoms with Crippen LogP contribution in [0.4, 0.5) is 0 Å². The summed E-state index contributed by atoms with van der Waals surface area (Å²) in [5.74, 6) is 0. The van der Waals surface area contributed by atoms with Gasteiger partial charge in [-0.2, -0.15) is 0 Å². The molecule has 0 aliphatic carbocycles. The Kier molecular flexibility index (Phi) is 10.3. The van der Waals surface area contributed by atoms with E-state index < -0.39 is 21.1 Å². The maximum absolute atomic E-state index is 8.68. The molecule has 5 heavy (non-hydrogen) atoms. The molecule has 1 radical (unpaired) electrons. The van der Waals surface area contributed by atoms with Crippen LogP contribution in [0.15, 0.2) is 0 Å². The van der Waals surface area contributed by atoms with Gasteiger partial charge in [-0.3, -0.25) is 0 Å². The molecule has 0 heterocycles. The average molecular weight is 373 g/mol. The topological polar surface area (TPSA) is 66.3 Å². The van der Waals surface area contributed by atoms with E-state index in [1.807, 2.05) is 0 Å². The van der Waals surface area contributed by atoms with Gasteiger partial charge in [0.05, 0.1) is 0 Å². The van der Waals surface area contributed by atoms with Gasteiger partial charge in [0.25, 0.3) is 0 Å². The molecule has 37 valence electrons. The Hall–Kier alpha value is 1.35. The summed E-state index contributed by atoms with van der Waals surface area (Å²) < 4.78 is 24.5. The maximum atomic E-state index is 8.68. The third-order valence-corrected chi connectivity index (χ3v) is 0. The van der Waals surface area contributed by atoms with Crippen molar-refractivity contribution in [1.82, 2.24) is 0 Å². The molecule has 0 aliphatic rings. The second-order valence-electron chi connectivity index (χ2n) is 0.201. The van der Waals surface area contributed by atoms with Crippen molar-refractivity contribution >= 4 is 0 Å². The first kappa shape index (κ1) is 9.61. The molecule has 0 aromatic heterocycles. The second kappa shape index (κ2) is 5.35. The van der Waals surface area contributed by atoms with Gasteiger partial charge in [-0.15, -0.1) is 0 Å². The summed E-state index contributed by atoms with van der Waals surface area (Å²) in [4.78, 5) is 0. The largest absolute Gasteiger partial charge is 0.503 e. The summed E-state index contributed by atoms with van der Waals surface area (Å²) in [5.41, 5.74) is 0. The molecule has 0 atom stereocenters. The van der Waals surface area contributed by atoms with Crippen LogP contribution in [0.2, 0.25) is 0 Å². The van der Waals surface area contributed by atoms with E-state index in [0.29, 0.717) is 0 Å². The van der Waals surface area contributed by atoms with E-state index in [2.05, 4.69) is 0 Å². The van der Waals surface area contributed by atoms with Crippen molar-refractivity contribution in [2.24, 2.45) is 0 Å². The number of halogens is 1. The maximum Gasteiger partial charge on any atom is 0.503 e. The van der Waals surface area contributed by atoms with Crippen LogP contribution < -0.4 is 27.9 Å². The molecule has 0 saturated carbocycles. The Labute approximate surface area is 53.6 Å². The molecule has 0 amide bonds. The molecule has 0 spiro atoms. The monoisotopic (exact) mass is 373 g/mol. The third-order valence-electron chi connectivity index (χ3n) is 0. The molecule has 3 nitrogen and oxygen atoms in total.